The summed E-state index contributed by atoms with van der Waals surface area (Å²) in [4.78, 5) is 11.8. The van der Waals surface area contributed by atoms with E-state index in [0.717, 1.165) is 18.2 Å². The van der Waals surface area contributed by atoms with E-state index >= 15 is 0 Å². The van der Waals surface area contributed by atoms with E-state index in [0.29, 0.717) is 17.7 Å². The summed E-state index contributed by atoms with van der Waals surface area (Å²) >= 11 is 3.45. The minimum atomic E-state index is -0.334. The van der Waals surface area contributed by atoms with Crippen LogP contribution in [0.4, 0.5) is 4.39 Å². The van der Waals surface area contributed by atoms with Gasteiger partial charge in [-0.25, -0.2) is 4.39 Å². The lowest BCUT2D eigenvalue weighted by Crippen LogP contribution is -2.31. The Labute approximate surface area is 109 Å². The first kappa shape index (κ1) is 12.6. The minimum absolute atomic E-state index is 0.198. The monoisotopic (exact) mass is 299 g/mol. The van der Waals surface area contributed by atoms with Crippen molar-refractivity contribution in [1.29, 1.82) is 0 Å². The van der Waals surface area contributed by atoms with Crippen molar-refractivity contribution in [3.05, 3.63) is 35.1 Å². The number of halogens is 2. The van der Waals surface area contributed by atoms with Gasteiger partial charge in [0.05, 0.1) is 0 Å². The topological polar surface area (TPSA) is 29.1 Å². The van der Waals surface area contributed by atoms with Gasteiger partial charge in [0.25, 0.3) is 5.91 Å². The summed E-state index contributed by atoms with van der Waals surface area (Å²) in [5, 5.41) is 3.77. The van der Waals surface area contributed by atoms with Crippen LogP contribution in [-0.2, 0) is 0 Å². The number of benzene rings is 1. The van der Waals surface area contributed by atoms with E-state index in [1.165, 1.54) is 6.07 Å². The number of carbonyl (C=O) groups is 1. The van der Waals surface area contributed by atoms with Crippen LogP contribution in [0, 0.1) is 18.2 Å². The molecule has 0 bridgehead atoms. The van der Waals surface area contributed by atoms with E-state index < -0.39 is 0 Å². The van der Waals surface area contributed by atoms with Crippen molar-refractivity contribution in [3.63, 3.8) is 0 Å². The fraction of sp³-hybridized carbons (Fsp3) is 0.462. The fourth-order valence-electron chi connectivity index (χ4n) is 1.64. The second kappa shape index (κ2) is 4.77. The summed E-state index contributed by atoms with van der Waals surface area (Å²) in [6.07, 6.45) is 2.28. The van der Waals surface area contributed by atoms with E-state index in [4.69, 9.17) is 0 Å². The van der Waals surface area contributed by atoms with Crippen molar-refractivity contribution >= 4 is 21.8 Å². The maximum absolute atomic E-state index is 13.3. The van der Waals surface area contributed by atoms with E-state index in [1.54, 1.807) is 19.1 Å². The van der Waals surface area contributed by atoms with Gasteiger partial charge >= 0.3 is 0 Å². The van der Waals surface area contributed by atoms with Crippen molar-refractivity contribution in [2.45, 2.75) is 19.8 Å². The predicted molar refractivity (Wildman–Crippen MR) is 68.9 cm³/mol. The first-order valence-corrected chi connectivity index (χ1v) is 6.79. The molecule has 0 heterocycles. The third kappa shape index (κ3) is 2.86. The highest BCUT2D eigenvalue weighted by Gasteiger charge is 2.41. The largest absolute Gasteiger partial charge is 0.351 e. The first-order valence-electron chi connectivity index (χ1n) is 5.67. The number of alkyl halides is 1. The van der Waals surface area contributed by atoms with Gasteiger partial charge in [-0.05, 0) is 42.9 Å². The Morgan fingerprint density at radius 2 is 2.24 bits per heavy atom. The van der Waals surface area contributed by atoms with E-state index in [9.17, 15) is 9.18 Å². The molecule has 1 aliphatic carbocycles. The number of hydrogen-bond donors (Lipinski definition) is 1. The van der Waals surface area contributed by atoms with Gasteiger partial charge in [-0.3, -0.25) is 4.79 Å². The Morgan fingerprint density at radius 3 is 2.76 bits per heavy atom. The quantitative estimate of drug-likeness (QED) is 0.851. The van der Waals surface area contributed by atoms with E-state index in [1.807, 2.05) is 0 Å². The van der Waals surface area contributed by atoms with Crippen LogP contribution in [0.5, 0.6) is 0 Å². The highest BCUT2D eigenvalue weighted by molar-refractivity contribution is 9.09. The summed E-state index contributed by atoms with van der Waals surface area (Å²) < 4.78 is 13.3. The molecule has 0 aliphatic heterocycles. The zero-order valence-electron chi connectivity index (χ0n) is 9.72. The lowest BCUT2D eigenvalue weighted by atomic mass is 10.1. The molecule has 1 aromatic carbocycles. The maximum atomic E-state index is 13.3. The Kier molecular flexibility index (Phi) is 3.52. The smallest absolute Gasteiger partial charge is 0.251 e. The Hall–Kier alpha value is -0.900. The van der Waals surface area contributed by atoms with Gasteiger partial charge < -0.3 is 5.32 Å². The van der Waals surface area contributed by atoms with Gasteiger partial charge in [0.1, 0.15) is 5.82 Å². The molecule has 17 heavy (non-hydrogen) atoms. The van der Waals surface area contributed by atoms with Crippen LogP contribution in [0.15, 0.2) is 18.2 Å². The standard InChI is InChI=1S/C13H15BrFNO/c1-9-2-3-10(6-11(9)15)12(17)16-8-13(7-14)4-5-13/h2-3,6H,4-5,7-8H2,1H3,(H,16,17). The van der Waals surface area contributed by atoms with Crippen LogP contribution >= 0.6 is 15.9 Å². The predicted octanol–water partition coefficient (Wildman–Crippen LogP) is 3.04. The van der Waals surface area contributed by atoms with Crippen LogP contribution in [0.1, 0.15) is 28.8 Å². The lowest BCUT2D eigenvalue weighted by molar-refractivity contribution is 0.0946. The summed E-state index contributed by atoms with van der Waals surface area (Å²) in [6.45, 7) is 2.34. The summed E-state index contributed by atoms with van der Waals surface area (Å²) in [7, 11) is 0. The first-order chi connectivity index (χ1) is 8.06. The number of aryl methyl sites for hydroxylation is 1. The van der Waals surface area contributed by atoms with Gasteiger partial charge in [0.15, 0.2) is 0 Å². The van der Waals surface area contributed by atoms with E-state index in [-0.39, 0.29) is 17.1 Å². The van der Waals surface area contributed by atoms with Crippen LogP contribution in [0.2, 0.25) is 0 Å². The fourth-order valence-corrected chi connectivity index (χ4v) is 2.40. The molecule has 0 atom stereocenters. The highest BCUT2D eigenvalue weighted by Crippen LogP contribution is 2.46. The molecule has 4 heteroatoms. The van der Waals surface area contributed by atoms with Crippen molar-refractivity contribution < 1.29 is 9.18 Å². The average molecular weight is 300 g/mol. The van der Waals surface area contributed by atoms with Crippen molar-refractivity contribution in [2.75, 3.05) is 11.9 Å². The SMILES string of the molecule is Cc1ccc(C(=O)NCC2(CBr)CC2)cc1F. The highest BCUT2D eigenvalue weighted by atomic mass is 79.9. The third-order valence-electron chi connectivity index (χ3n) is 3.30. The second-order valence-electron chi connectivity index (χ2n) is 4.78. The zero-order valence-corrected chi connectivity index (χ0v) is 11.3. The molecule has 0 aromatic heterocycles. The lowest BCUT2D eigenvalue weighted by Gasteiger charge is -2.12. The van der Waals surface area contributed by atoms with Crippen molar-refractivity contribution in [2.24, 2.45) is 5.41 Å². The van der Waals surface area contributed by atoms with Gasteiger partial charge in [0, 0.05) is 17.4 Å². The molecule has 0 radical (unpaired) electrons. The molecular formula is C13H15BrFNO. The van der Waals surface area contributed by atoms with Crippen LogP contribution in [0.3, 0.4) is 0 Å². The van der Waals surface area contributed by atoms with Crippen LogP contribution < -0.4 is 5.32 Å². The van der Waals surface area contributed by atoms with Gasteiger partial charge in [-0.15, -0.1) is 0 Å². The third-order valence-corrected chi connectivity index (χ3v) is 4.49. The zero-order chi connectivity index (χ0) is 12.5. The summed E-state index contributed by atoms with van der Waals surface area (Å²) in [5.41, 5.74) is 1.18. The van der Waals surface area contributed by atoms with Gasteiger partial charge in [-0.1, -0.05) is 22.0 Å². The van der Waals surface area contributed by atoms with Gasteiger partial charge in [-0.2, -0.15) is 0 Å². The molecule has 2 rings (SSSR count). The number of hydrogen-bond acceptors (Lipinski definition) is 1. The molecule has 1 aromatic rings. The second-order valence-corrected chi connectivity index (χ2v) is 5.34. The molecule has 0 spiro atoms. The van der Waals surface area contributed by atoms with E-state index in [2.05, 4.69) is 21.2 Å². The van der Waals surface area contributed by atoms with Crippen molar-refractivity contribution in [1.82, 2.24) is 5.32 Å². The Balaban J connectivity index is 1.97. The number of rotatable bonds is 4. The molecule has 1 fully saturated rings. The summed E-state index contributed by atoms with van der Waals surface area (Å²) in [6, 6.07) is 4.57. The number of carbonyl (C=O) groups excluding carboxylic acids is 1. The van der Waals surface area contributed by atoms with Gasteiger partial charge in [0.2, 0.25) is 0 Å². The van der Waals surface area contributed by atoms with Crippen LogP contribution in [0.25, 0.3) is 0 Å². The normalized spacial score (nSPS) is 16.6. The molecule has 2 nitrogen and oxygen atoms in total. The molecule has 1 N–H and O–H groups in total. The molecule has 1 amide bonds. The summed E-state index contributed by atoms with van der Waals surface area (Å²) in [5.74, 6) is -0.532. The Bertz CT molecular complexity index is 443. The number of amides is 1. The molecule has 0 unspecified atom stereocenters. The molecule has 92 valence electrons. The minimum Gasteiger partial charge on any atom is -0.351 e. The van der Waals surface area contributed by atoms with Crippen LogP contribution in [-0.4, -0.2) is 17.8 Å². The number of nitrogens with one attached hydrogen (secondary N) is 1. The maximum Gasteiger partial charge on any atom is 0.251 e. The molecule has 1 aliphatic rings. The van der Waals surface area contributed by atoms with Crippen molar-refractivity contribution in [3.8, 4) is 0 Å². The molecular weight excluding hydrogens is 285 g/mol. The molecule has 1 saturated carbocycles. The molecule has 0 saturated heterocycles. The Morgan fingerprint density at radius 1 is 1.53 bits per heavy atom. The average Bonchev–Trinajstić information content (AvgIpc) is 3.10.